The third-order valence-electron chi connectivity index (χ3n) is 6.22. The Kier molecular flexibility index (Phi) is 5.13. The monoisotopic (exact) mass is 322 g/mol. The standard InChI is InChI=1S/C19H30N2.ClH/c1-18-12-7-8-13-19(18,2)21(15-9-14-20(3)4)17-11-6-5-10-16(17)18;/h5-6,10-11H,7-9,12-15H2,1-4H3;1H. The van der Waals surface area contributed by atoms with E-state index in [0.717, 1.165) is 0 Å². The molecule has 0 saturated heterocycles. The van der Waals surface area contributed by atoms with Crippen molar-refractivity contribution in [1.29, 1.82) is 0 Å². The van der Waals surface area contributed by atoms with Crippen molar-refractivity contribution in [3.05, 3.63) is 29.8 Å². The summed E-state index contributed by atoms with van der Waals surface area (Å²) in [5.41, 5.74) is 3.77. The summed E-state index contributed by atoms with van der Waals surface area (Å²) in [5, 5.41) is 0. The van der Waals surface area contributed by atoms with Gasteiger partial charge in [-0.3, -0.25) is 0 Å². The number of para-hydroxylation sites is 1. The van der Waals surface area contributed by atoms with Crippen molar-refractivity contribution < 1.29 is 17.3 Å². The summed E-state index contributed by atoms with van der Waals surface area (Å²) in [6.07, 6.45) is 6.73. The van der Waals surface area contributed by atoms with Crippen LogP contribution in [-0.4, -0.2) is 32.7 Å². The van der Waals surface area contributed by atoms with Gasteiger partial charge in [0, 0.05) is 29.6 Å². The fourth-order valence-corrected chi connectivity index (χ4v) is 4.75. The molecule has 2 atom stereocenters. The topological polar surface area (TPSA) is 7.68 Å². The molecule has 1 heterocycles. The predicted octanol–water partition coefficient (Wildman–Crippen LogP) is -0.364. The maximum Gasteiger partial charge on any atom is 0.0783 e. The lowest BCUT2D eigenvalue weighted by molar-refractivity contribution is -0.858. The van der Waals surface area contributed by atoms with Crippen molar-refractivity contribution in [2.45, 2.75) is 56.9 Å². The molecule has 0 spiro atoms. The minimum atomic E-state index is 0. The van der Waals surface area contributed by atoms with Crippen molar-refractivity contribution in [3.8, 4) is 0 Å². The Labute approximate surface area is 142 Å². The lowest BCUT2D eigenvalue weighted by atomic mass is 9.61. The summed E-state index contributed by atoms with van der Waals surface area (Å²) in [5.74, 6) is 0. The van der Waals surface area contributed by atoms with Crippen LogP contribution in [0.2, 0.25) is 0 Å². The molecule has 1 aromatic carbocycles. The van der Waals surface area contributed by atoms with E-state index in [4.69, 9.17) is 0 Å². The number of nitrogens with one attached hydrogen (secondary N) is 1. The number of halogens is 1. The summed E-state index contributed by atoms with van der Waals surface area (Å²) >= 11 is 0. The van der Waals surface area contributed by atoms with E-state index in [9.17, 15) is 0 Å². The zero-order valence-corrected chi connectivity index (χ0v) is 15.3. The van der Waals surface area contributed by atoms with E-state index in [2.05, 4.69) is 57.1 Å². The molecule has 2 nitrogen and oxygen atoms in total. The van der Waals surface area contributed by atoms with Gasteiger partial charge in [0.1, 0.15) is 0 Å². The lowest BCUT2D eigenvalue weighted by Crippen LogP contribution is -3.05. The average molecular weight is 323 g/mol. The van der Waals surface area contributed by atoms with Crippen LogP contribution in [0, 0.1) is 0 Å². The lowest BCUT2D eigenvalue weighted by Gasteiger charge is -2.50. The molecule has 0 bridgehead atoms. The summed E-state index contributed by atoms with van der Waals surface area (Å²) in [6, 6.07) is 9.18. The van der Waals surface area contributed by atoms with Gasteiger partial charge in [0.2, 0.25) is 0 Å². The molecule has 3 rings (SSSR count). The van der Waals surface area contributed by atoms with Gasteiger partial charge in [-0.2, -0.15) is 0 Å². The van der Waals surface area contributed by atoms with Crippen LogP contribution in [0.15, 0.2) is 24.3 Å². The molecule has 1 fully saturated rings. The predicted molar refractivity (Wildman–Crippen MR) is 90.3 cm³/mol. The molecule has 0 aromatic heterocycles. The van der Waals surface area contributed by atoms with Crippen LogP contribution in [0.4, 0.5) is 5.69 Å². The van der Waals surface area contributed by atoms with Crippen molar-refractivity contribution in [1.82, 2.24) is 0 Å². The quantitative estimate of drug-likeness (QED) is 0.795. The molecule has 1 aliphatic carbocycles. The van der Waals surface area contributed by atoms with Crippen LogP contribution >= 0.6 is 0 Å². The molecule has 22 heavy (non-hydrogen) atoms. The smallest absolute Gasteiger partial charge is 0.0783 e. The second-order valence-corrected chi connectivity index (χ2v) is 7.79. The number of nitrogens with zero attached hydrogens (tertiary/aromatic N) is 1. The van der Waals surface area contributed by atoms with E-state index in [1.807, 2.05) is 0 Å². The fraction of sp³-hybridized carbons (Fsp3) is 0.684. The number of fused-ring (bicyclic) bond motifs is 3. The van der Waals surface area contributed by atoms with Gasteiger partial charge in [0.15, 0.2) is 0 Å². The maximum atomic E-state index is 2.75. The first-order valence-electron chi connectivity index (χ1n) is 8.65. The van der Waals surface area contributed by atoms with E-state index in [1.165, 1.54) is 50.9 Å². The summed E-state index contributed by atoms with van der Waals surface area (Å²) < 4.78 is 0. The molecule has 2 unspecified atom stereocenters. The molecule has 0 amide bonds. The summed E-state index contributed by atoms with van der Waals surface area (Å²) in [4.78, 5) is 4.31. The Hall–Kier alpha value is -0.730. The van der Waals surface area contributed by atoms with Gasteiger partial charge in [0.25, 0.3) is 0 Å². The van der Waals surface area contributed by atoms with Crippen molar-refractivity contribution in [3.63, 3.8) is 0 Å². The minimum absolute atomic E-state index is 0. The largest absolute Gasteiger partial charge is 1.00 e. The van der Waals surface area contributed by atoms with Gasteiger partial charge in [-0.05, 0) is 31.4 Å². The Morgan fingerprint density at radius 2 is 1.77 bits per heavy atom. The molecule has 1 saturated carbocycles. The number of hydrogen-bond acceptors (Lipinski definition) is 1. The molecule has 1 N–H and O–H groups in total. The highest BCUT2D eigenvalue weighted by atomic mass is 35.5. The Balaban J connectivity index is 0.00000176. The minimum Gasteiger partial charge on any atom is -1.00 e. The Bertz CT molecular complexity index is 516. The first-order chi connectivity index (χ1) is 9.99. The highest BCUT2D eigenvalue weighted by Gasteiger charge is 2.56. The average Bonchev–Trinajstić information content (AvgIpc) is 2.65. The van der Waals surface area contributed by atoms with Crippen molar-refractivity contribution in [2.75, 3.05) is 32.1 Å². The fourth-order valence-electron chi connectivity index (χ4n) is 4.75. The summed E-state index contributed by atoms with van der Waals surface area (Å²) in [6.45, 7) is 7.50. The first-order valence-corrected chi connectivity index (χ1v) is 8.65. The van der Waals surface area contributed by atoms with Gasteiger partial charge in [-0.15, -0.1) is 0 Å². The molecule has 2 aliphatic rings. The van der Waals surface area contributed by atoms with E-state index in [1.54, 1.807) is 10.5 Å². The number of anilines is 1. The second-order valence-electron chi connectivity index (χ2n) is 7.79. The van der Waals surface area contributed by atoms with E-state index in [0.29, 0.717) is 11.0 Å². The van der Waals surface area contributed by atoms with E-state index in [-0.39, 0.29) is 12.4 Å². The third kappa shape index (κ3) is 2.55. The van der Waals surface area contributed by atoms with Crippen LogP contribution in [0.5, 0.6) is 0 Å². The Morgan fingerprint density at radius 1 is 1.09 bits per heavy atom. The van der Waals surface area contributed by atoms with Gasteiger partial charge in [-0.1, -0.05) is 38.0 Å². The van der Waals surface area contributed by atoms with E-state index < -0.39 is 0 Å². The van der Waals surface area contributed by atoms with Crippen LogP contribution < -0.4 is 22.2 Å². The van der Waals surface area contributed by atoms with Crippen LogP contribution in [0.1, 0.15) is 51.5 Å². The summed E-state index contributed by atoms with van der Waals surface area (Å²) in [7, 11) is 4.51. The number of quaternary nitrogens is 1. The molecule has 0 radical (unpaired) electrons. The molecule has 1 aromatic rings. The zero-order valence-electron chi connectivity index (χ0n) is 14.6. The van der Waals surface area contributed by atoms with Gasteiger partial charge in [0.05, 0.1) is 20.6 Å². The highest BCUT2D eigenvalue weighted by Crippen LogP contribution is 2.58. The molecule has 1 aliphatic heterocycles. The van der Waals surface area contributed by atoms with Crippen molar-refractivity contribution in [2.24, 2.45) is 0 Å². The molecular formula is C19H31ClN2. The number of benzene rings is 1. The third-order valence-corrected chi connectivity index (χ3v) is 6.22. The Morgan fingerprint density at radius 3 is 2.50 bits per heavy atom. The number of hydrogen-bond donors (Lipinski definition) is 1. The zero-order chi connectivity index (χ0) is 15.1. The molecular weight excluding hydrogens is 292 g/mol. The maximum absolute atomic E-state index is 2.75. The molecule has 124 valence electrons. The number of rotatable bonds is 4. The first kappa shape index (κ1) is 17.6. The van der Waals surface area contributed by atoms with Crippen molar-refractivity contribution >= 4 is 5.69 Å². The van der Waals surface area contributed by atoms with Crippen LogP contribution in [0.3, 0.4) is 0 Å². The van der Waals surface area contributed by atoms with Gasteiger partial charge in [-0.25, -0.2) is 0 Å². The van der Waals surface area contributed by atoms with Gasteiger partial charge >= 0.3 is 0 Å². The second kappa shape index (κ2) is 6.41. The van der Waals surface area contributed by atoms with Gasteiger partial charge < -0.3 is 22.2 Å². The van der Waals surface area contributed by atoms with Crippen LogP contribution in [0.25, 0.3) is 0 Å². The van der Waals surface area contributed by atoms with E-state index >= 15 is 0 Å². The van der Waals surface area contributed by atoms with Crippen LogP contribution in [-0.2, 0) is 5.41 Å². The SMILES string of the molecule is C[NH+](C)CCCN1c2ccccc2C2(C)CCCCC12C.[Cl-]. The molecule has 3 heteroatoms. The normalized spacial score (nSPS) is 30.0. The highest BCUT2D eigenvalue weighted by molar-refractivity contribution is 5.66.